The van der Waals surface area contributed by atoms with E-state index in [0.717, 1.165) is 10.6 Å². The predicted octanol–water partition coefficient (Wildman–Crippen LogP) is 5.49. The molecule has 5 rings (SSSR count). The summed E-state index contributed by atoms with van der Waals surface area (Å²) in [4.78, 5) is 22.6. The van der Waals surface area contributed by atoms with Crippen molar-refractivity contribution in [2.24, 2.45) is 0 Å². The third-order valence-electron chi connectivity index (χ3n) is 6.16. The summed E-state index contributed by atoms with van der Waals surface area (Å²) in [5.41, 5.74) is 6.48. The van der Waals surface area contributed by atoms with Crippen LogP contribution in [0.3, 0.4) is 0 Å². The van der Waals surface area contributed by atoms with Gasteiger partial charge in [0.25, 0.3) is 0 Å². The predicted molar refractivity (Wildman–Crippen MR) is 124 cm³/mol. The first-order valence-electron chi connectivity index (χ1n) is 10.8. The van der Waals surface area contributed by atoms with E-state index in [1.54, 1.807) is 17.5 Å². The van der Waals surface area contributed by atoms with Crippen LogP contribution < -0.4 is 16.0 Å². The van der Waals surface area contributed by atoms with Gasteiger partial charge in [-0.2, -0.15) is 13.2 Å². The number of urea groups is 1. The molecule has 3 heterocycles. The lowest BCUT2D eigenvalue weighted by atomic mass is 10.0. The number of hydrogen-bond acceptors (Lipinski definition) is 4. The monoisotopic (exact) mass is 502 g/mol. The van der Waals surface area contributed by atoms with Crippen molar-refractivity contribution in [2.75, 3.05) is 22.5 Å². The van der Waals surface area contributed by atoms with Crippen LogP contribution in [0.25, 0.3) is 16.8 Å². The molecule has 1 aliphatic rings. The van der Waals surface area contributed by atoms with E-state index in [9.17, 15) is 22.4 Å². The number of carbonyl (C=O) groups excluding carboxylic acids is 1. The number of benzene rings is 2. The second-order valence-electron chi connectivity index (χ2n) is 8.43. The third-order valence-corrected chi connectivity index (χ3v) is 6.16. The summed E-state index contributed by atoms with van der Waals surface area (Å²) < 4.78 is 70.6. The lowest BCUT2D eigenvalue weighted by Gasteiger charge is -2.19. The van der Waals surface area contributed by atoms with Crippen LogP contribution in [-0.2, 0) is 12.6 Å². The highest BCUT2D eigenvalue weighted by molar-refractivity contribution is 6.03. The molecule has 36 heavy (non-hydrogen) atoms. The number of fused-ring (bicyclic) bond motifs is 2. The van der Waals surface area contributed by atoms with Crippen molar-refractivity contribution < 1.29 is 26.7 Å². The van der Waals surface area contributed by atoms with Gasteiger partial charge in [-0.1, -0.05) is 0 Å². The zero-order chi connectivity index (χ0) is 25.9. The van der Waals surface area contributed by atoms with Crippen LogP contribution in [0.2, 0.25) is 0 Å². The van der Waals surface area contributed by atoms with E-state index in [2.05, 4.69) is 15.3 Å². The fourth-order valence-electron chi connectivity index (χ4n) is 4.49. The maximum Gasteiger partial charge on any atom is 0.416 e. The smallest absolute Gasteiger partial charge is 0.382 e. The van der Waals surface area contributed by atoms with Crippen LogP contribution in [0.4, 0.5) is 43.9 Å². The molecule has 7 nitrogen and oxygen atoms in total. The van der Waals surface area contributed by atoms with Crippen LogP contribution in [0.5, 0.6) is 0 Å². The van der Waals surface area contributed by atoms with Crippen LogP contribution in [0, 0.1) is 25.5 Å². The van der Waals surface area contributed by atoms with Crippen LogP contribution in [0.15, 0.2) is 36.5 Å². The maximum atomic E-state index is 15.7. The van der Waals surface area contributed by atoms with E-state index in [1.807, 2.05) is 6.92 Å². The molecular weight excluding hydrogens is 483 g/mol. The summed E-state index contributed by atoms with van der Waals surface area (Å²) in [7, 11) is 0. The van der Waals surface area contributed by atoms with Crippen molar-refractivity contribution in [2.45, 2.75) is 26.4 Å². The molecule has 2 aromatic carbocycles. The summed E-state index contributed by atoms with van der Waals surface area (Å²) in [5.74, 6) is -0.856. The number of halogens is 5. The van der Waals surface area contributed by atoms with Crippen molar-refractivity contribution in [3.8, 4) is 11.3 Å². The molecule has 0 bridgehead atoms. The van der Waals surface area contributed by atoms with Gasteiger partial charge in [0.2, 0.25) is 0 Å². The Kier molecular flexibility index (Phi) is 5.34. The van der Waals surface area contributed by atoms with Crippen LogP contribution >= 0.6 is 0 Å². The number of nitrogens with zero attached hydrogens (tertiary/aromatic N) is 4. The van der Waals surface area contributed by atoms with E-state index >= 15 is 4.39 Å². The van der Waals surface area contributed by atoms with Crippen molar-refractivity contribution in [3.63, 3.8) is 0 Å². The van der Waals surface area contributed by atoms with Crippen molar-refractivity contribution in [3.05, 3.63) is 70.8 Å². The molecule has 0 saturated carbocycles. The maximum absolute atomic E-state index is 15.7. The van der Waals surface area contributed by atoms with Crippen molar-refractivity contribution >= 4 is 28.7 Å². The van der Waals surface area contributed by atoms with E-state index in [1.165, 1.54) is 12.1 Å². The van der Waals surface area contributed by atoms with Crippen LogP contribution in [-0.4, -0.2) is 26.9 Å². The molecule has 0 radical (unpaired) electrons. The van der Waals surface area contributed by atoms with Gasteiger partial charge in [0, 0.05) is 29.6 Å². The quantitative estimate of drug-likeness (QED) is 0.355. The summed E-state index contributed by atoms with van der Waals surface area (Å²) >= 11 is 0. The van der Waals surface area contributed by atoms with Crippen molar-refractivity contribution in [1.29, 1.82) is 0 Å². The normalized spacial score (nSPS) is 13.4. The molecule has 0 aliphatic carbocycles. The Labute approximate surface area is 201 Å². The topological polar surface area (TPSA) is 88.5 Å². The Morgan fingerprint density at radius 2 is 1.89 bits per heavy atom. The number of hydrogen-bond donors (Lipinski definition) is 2. The van der Waals surface area contributed by atoms with Gasteiger partial charge in [-0.3, -0.25) is 9.30 Å². The fraction of sp³-hybridized carbons (Fsp3) is 0.208. The number of rotatable bonds is 2. The first kappa shape index (κ1) is 23.5. The van der Waals surface area contributed by atoms with Gasteiger partial charge in [-0.15, -0.1) is 0 Å². The molecular formula is C24H19F5N6O. The van der Waals surface area contributed by atoms with Crippen molar-refractivity contribution in [1.82, 2.24) is 14.4 Å². The number of nitrogens with one attached hydrogen (secondary N) is 1. The minimum atomic E-state index is -4.71. The molecule has 0 spiro atoms. The van der Waals surface area contributed by atoms with Gasteiger partial charge in [-0.05, 0) is 50.6 Å². The molecule has 12 heteroatoms. The Morgan fingerprint density at radius 1 is 1.14 bits per heavy atom. The number of aryl methyl sites for hydroxylation is 2. The summed E-state index contributed by atoms with van der Waals surface area (Å²) in [6.45, 7) is 3.63. The second kappa shape index (κ2) is 8.18. The zero-order valence-electron chi connectivity index (χ0n) is 19.0. The Balaban J connectivity index is 1.50. The molecule has 2 amide bonds. The number of anilines is 3. The molecule has 186 valence electrons. The molecule has 4 aromatic rings. The SMILES string of the molecule is Cc1cnc(N)c2c(-c3ccc4c(c3F)CCN4C(=O)Nc3cc(C(F)(F)F)ccc3F)nc(C)n12. The van der Waals surface area contributed by atoms with Gasteiger partial charge in [0.1, 0.15) is 34.5 Å². The number of aromatic nitrogens is 3. The van der Waals surface area contributed by atoms with E-state index in [0.29, 0.717) is 35.2 Å². The number of amides is 2. The van der Waals surface area contributed by atoms with E-state index in [4.69, 9.17) is 5.73 Å². The van der Waals surface area contributed by atoms with Gasteiger partial charge in [0.15, 0.2) is 0 Å². The molecule has 1 aliphatic heterocycles. The minimum Gasteiger partial charge on any atom is -0.382 e. The summed E-state index contributed by atoms with van der Waals surface area (Å²) in [5, 5.41) is 2.16. The summed E-state index contributed by atoms with van der Waals surface area (Å²) in [6, 6.07) is 3.81. The number of alkyl halides is 3. The molecule has 0 atom stereocenters. The minimum absolute atomic E-state index is 0.0495. The molecule has 2 aromatic heterocycles. The standard InChI is InChI=1S/C24H19F5N6O/c1-11-10-31-22(30)21-20(32-12(2)35(11)21)15-4-6-18-14(19(15)26)7-8-34(18)23(36)33-17-9-13(24(27,28)29)3-5-16(17)25/h3-6,9-10H,7-8H2,1-2H3,(H2,30,31)(H,33,36). The van der Waals surface area contributed by atoms with Gasteiger partial charge in [0.05, 0.1) is 16.9 Å². The third kappa shape index (κ3) is 3.69. The van der Waals surface area contributed by atoms with Gasteiger partial charge in [-0.25, -0.2) is 23.5 Å². The molecule has 0 unspecified atom stereocenters. The highest BCUT2D eigenvalue weighted by Gasteiger charge is 2.33. The Hall–Kier alpha value is -4.22. The number of carbonyl (C=O) groups is 1. The summed E-state index contributed by atoms with van der Waals surface area (Å²) in [6.07, 6.45) is -2.98. The molecule has 3 N–H and O–H groups in total. The van der Waals surface area contributed by atoms with E-state index < -0.39 is 35.1 Å². The number of imidazole rings is 1. The Morgan fingerprint density at radius 3 is 2.61 bits per heavy atom. The lowest BCUT2D eigenvalue weighted by molar-refractivity contribution is -0.137. The molecule has 0 saturated heterocycles. The van der Waals surface area contributed by atoms with Gasteiger partial charge >= 0.3 is 12.2 Å². The average Bonchev–Trinajstić information content (AvgIpc) is 3.40. The zero-order valence-corrected chi connectivity index (χ0v) is 19.0. The largest absolute Gasteiger partial charge is 0.416 e. The van der Waals surface area contributed by atoms with E-state index in [-0.39, 0.29) is 35.6 Å². The number of nitrogen functional groups attached to an aromatic ring is 1. The lowest BCUT2D eigenvalue weighted by Crippen LogP contribution is -2.33. The second-order valence-corrected chi connectivity index (χ2v) is 8.43. The molecule has 0 fully saturated rings. The first-order chi connectivity index (χ1) is 17.0. The fourth-order valence-corrected chi connectivity index (χ4v) is 4.49. The first-order valence-corrected chi connectivity index (χ1v) is 10.8. The average molecular weight is 502 g/mol. The Bertz CT molecular complexity index is 1540. The van der Waals surface area contributed by atoms with Gasteiger partial charge < -0.3 is 11.1 Å². The van der Waals surface area contributed by atoms with Crippen LogP contribution in [0.1, 0.15) is 22.6 Å². The highest BCUT2D eigenvalue weighted by atomic mass is 19.4. The highest BCUT2D eigenvalue weighted by Crippen LogP contribution is 2.38. The number of nitrogens with two attached hydrogens (primary N) is 1.